The molecule has 6 heteroatoms. The number of ether oxygens (including phenoxy) is 1. The molecule has 0 spiro atoms. The topological polar surface area (TPSA) is 66.8 Å². The second-order valence-corrected chi connectivity index (χ2v) is 4.82. The third kappa shape index (κ3) is 0.960. The first-order chi connectivity index (χ1) is 7.45. The number of alkyl halides is 1. The summed E-state index contributed by atoms with van der Waals surface area (Å²) in [6.45, 7) is 1.27. The Balaban J connectivity index is 2.44. The van der Waals surface area contributed by atoms with Crippen LogP contribution in [0.2, 0.25) is 0 Å². The smallest absolute Gasteiger partial charge is 0.339 e. The second kappa shape index (κ2) is 3.34. The molecule has 3 atom stereocenters. The average molecular weight is 248 g/mol. The zero-order valence-electron chi connectivity index (χ0n) is 9.20. The number of rotatable bonds is 3. The van der Waals surface area contributed by atoms with Crippen molar-refractivity contribution < 1.29 is 19.4 Å². The van der Waals surface area contributed by atoms with Gasteiger partial charge in [-0.3, -0.25) is 4.79 Å². The van der Waals surface area contributed by atoms with E-state index in [1.54, 1.807) is 6.92 Å². The van der Waals surface area contributed by atoms with Crippen molar-refractivity contribution >= 4 is 23.5 Å². The lowest BCUT2D eigenvalue weighted by Gasteiger charge is -2.52. The summed E-state index contributed by atoms with van der Waals surface area (Å²) in [6.07, 6.45) is 0.441. The summed E-state index contributed by atoms with van der Waals surface area (Å²) >= 11 is 5.64. The number of carbonyl (C=O) groups is 2. The Kier molecular flexibility index (Phi) is 2.44. The highest BCUT2D eigenvalue weighted by molar-refractivity contribution is 6.18. The highest BCUT2D eigenvalue weighted by Crippen LogP contribution is 2.53. The van der Waals surface area contributed by atoms with Crippen LogP contribution in [0.25, 0.3) is 0 Å². The number of esters is 1. The van der Waals surface area contributed by atoms with E-state index in [4.69, 9.17) is 16.3 Å². The van der Waals surface area contributed by atoms with E-state index in [9.17, 15) is 14.7 Å². The summed E-state index contributed by atoms with van der Waals surface area (Å²) in [7, 11) is 1.52. The van der Waals surface area contributed by atoms with Crippen molar-refractivity contribution in [2.75, 3.05) is 19.5 Å². The van der Waals surface area contributed by atoms with Crippen LogP contribution in [0.4, 0.5) is 0 Å². The van der Waals surface area contributed by atoms with Crippen molar-refractivity contribution in [3.63, 3.8) is 0 Å². The fourth-order valence-electron chi connectivity index (χ4n) is 2.84. The minimum atomic E-state index is -1.21. The van der Waals surface area contributed by atoms with Gasteiger partial charge in [0.2, 0.25) is 11.4 Å². The number of likely N-dealkylation sites (N-methyl/N-ethyl adjacent to an activating group) is 1. The first kappa shape index (κ1) is 11.7. The number of likely N-dealkylation sites (tertiary alicyclic amines) is 1. The van der Waals surface area contributed by atoms with Gasteiger partial charge in [0, 0.05) is 12.9 Å². The van der Waals surface area contributed by atoms with Gasteiger partial charge >= 0.3 is 5.97 Å². The third-order valence-electron chi connectivity index (χ3n) is 3.96. The van der Waals surface area contributed by atoms with Crippen LogP contribution in [-0.4, -0.2) is 52.6 Å². The molecule has 2 saturated heterocycles. The Morgan fingerprint density at radius 1 is 1.56 bits per heavy atom. The van der Waals surface area contributed by atoms with Crippen molar-refractivity contribution in [1.82, 2.24) is 4.90 Å². The van der Waals surface area contributed by atoms with Gasteiger partial charge in [-0.2, -0.15) is 0 Å². The van der Waals surface area contributed by atoms with Crippen molar-refractivity contribution in [3.8, 4) is 0 Å². The monoisotopic (exact) mass is 247 g/mol. The van der Waals surface area contributed by atoms with E-state index >= 15 is 0 Å². The zero-order chi connectivity index (χ0) is 12.1. The van der Waals surface area contributed by atoms with Gasteiger partial charge in [0.1, 0.15) is 0 Å². The lowest BCUT2D eigenvalue weighted by atomic mass is 9.71. The second-order valence-electron chi connectivity index (χ2n) is 4.44. The molecule has 2 aliphatic heterocycles. The molecule has 5 nitrogen and oxygen atoms in total. The van der Waals surface area contributed by atoms with Gasteiger partial charge in [-0.25, -0.2) is 4.79 Å². The molecule has 1 unspecified atom stereocenters. The SMILES string of the molecule is CN1C(=O)[C@H](CCCl)[C@@]2(C)OC(=O)C12CO. The molecular formula is C10H14ClNO4. The first-order valence-electron chi connectivity index (χ1n) is 5.13. The molecule has 0 aromatic heterocycles. The number of aliphatic hydroxyl groups excluding tert-OH is 1. The number of halogens is 1. The van der Waals surface area contributed by atoms with E-state index in [0.717, 1.165) is 0 Å². The number of nitrogens with zero attached hydrogens (tertiary/aromatic N) is 1. The highest BCUT2D eigenvalue weighted by atomic mass is 35.5. The van der Waals surface area contributed by atoms with Gasteiger partial charge in [-0.1, -0.05) is 0 Å². The Morgan fingerprint density at radius 2 is 2.19 bits per heavy atom. The van der Waals surface area contributed by atoms with Gasteiger partial charge in [0.05, 0.1) is 12.5 Å². The van der Waals surface area contributed by atoms with Gasteiger partial charge in [-0.05, 0) is 13.3 Å². The summed E-state index contributed by atoms with van der Waals surface area (Å²) in [4.78, 5) is 24.9. The molecular weight excluding hydrogens is 234 g/mol. The Bertz CT molecular complexity index is 361. The molecule has 0 aromatic carbocycles. The summed E-state index contributed by atoms with van der Waals surface area (Å²) < 4.78 is 5.13. The summed E-state index contributed by atoms with van der Waals surface area (Å²) in [5.74, 6) is -0.868. The molecule has 2 heterocycles. The van der Waals surface area contributed by atoms with E-state index in [1.807, 2.05) is 0 Å². The number of carbonyl (C=O) groups excluding carboxylic acids is 2. The maximum Gasteiger partial charge on any atom is 0.339 e. The molecule has 2 rings (SSSR count). The van der Waals surface area contributed by atoms with Crippen molar-refractivity contribution in [3.05, 3.63) is 0 Å². The quantitative estimate of drug-likeness (QED) is 0.552. The molecule has 2 aliphatic rings. The molecule has 0 saturated carbocycles. The zero-order valence-corrected chi connectivity index (χ0v) is 9.95. The highest BCUT2D eigenvalue weighted by Gasteiger charge is 2.78. The van der Waals surface area contributed by atoms with Crippen LogP contribution in [0, 0.1) is 5.92 Å². The van der Waals surface area contributed by atoms with Gasteiger partial charge in [0.15, 0.2) is 5.60 Å². The number of amides is 1. The van der Waals surface area contributed by atoms with Gasteiger partial charge < -0.3 is 14.7 Å². The molecule has 0 radical (unpaired) electrons. The summed E-state index contributed by atoms with van der Waals surface area (Å²) in [5, 5.41) is 9.43. The fourth-order valence-corrected chi connectivity index (χ4v) is 3.06. The average Bonchev–Trinajstić information content (AvgIpc) is 2.35. The Labute approximate surface area is 98.3 Å². The molecule has 16 heavy (non-hydrogen) atoms. The minimum Gasteiger partial charge on any atom is -0.453 e. The number of aliphatic hydroxyl groups is 1. The maximum absolute atomic E-state index is 12.0. The van der Waals surface area contributed by atoms with Crippen LogP contribution < -0.4 is 0 Å². The van der Waals surface area contributed by atoms with E-state index in [2.05, 4.69) is 0 Å². The summed E-state index contributed by atoms with van der Waals surface area (Å²) in [6, 6.07) is 0. The van der Waals surface area contributed by atoms with E-state index in [0.29, 0.717) is 12.3 Å². The van der Waals surface area contributed by atoms with Crippen LogP contribution in [0.15, 0.2) is 0 Å². The maximum atomic E-state index is 12.0. The largest absolute Gasteiger partial charge is 0.453 e. The molecule has 0 aromatic rings. The van der Waals surface area contributed by atoms with Crippen LogP contribution >= 0.6 is 11.6 Å². The summed E-state index contributed by atoms with van der Waals surface area (Å²) in [5.41, 5.74) is -2.15. The molecule has 0 bridgehead atoms. The third-order valence-corrected chi connectivity index (χ3v) is 4.17. The Hall–Kier alpha value is -0.810. The number of fused-ring (bicyclic) bond motifs is 1. The molecule has 1 amide bonds. The minimum absolute atomic E-state index is 0.192. The predicted octanol–water partition coefficient (Wildman–Crippen LogP) is -0.250. The normalized spacial score (nSPS) is 41.8. The Morgan fingerprint density at radius 3 is 2.56 bits per heavy atom. The first-order valence-corrected chi connectivity index (χ1v) is 5.67. The number of hydrogen-bond donors (Lipinski definition) is 1. The van der Waals surface area contributed by atoms with Crippen molar-refractivity contribution in [2.45, 2.75) is 24.5 Å². The molecule has 2 fully saturated rings. The van der Waals surface area contributed by atoms with Crippen LogP contribution in [0.1, 0.15) is 13.3 Å². The van der Waals surface area contributed by atoms with E-state index in [1.165, 1.54) is 11.9 Å². The molecule has 90 valence electrons. The molecule has 1 N–H and O–H groups in total. The van der Waals surface area contributed by atoms with Gasteiger partial charge in [0.25, 0.3) is 0 Å². The lowest BCUT2D eigenvalue weighted by Crippen LogP contribution is -2.76. The lowest BCUT2D eigenvalue weighted by molar-refractivity contribution is -0.237. The predicted molar refractivity (Wildman–Crippen MR) is 55.9 cm³/mol. The standard InChI is InChI=1S/C10H14ClNO4/c1-9-6(3-4-11)7(14)12(2)10(9,5-13)8(15)16-9/h6,13H,3-5H2,1-2H3/t6-,9+,10?/m0/s1. The molecule has 0 aliphatic carbocycles. The van der Waals surface area contributed by atoms with Crippen molar-refractivity contribution in [1.29, 1.82) is 0 Å². The fraction of sp³-hybridized carbons (Fsp3) is 0.800. The van der Waals surface area contributed by atoms with E-state index < -0.39 is 29.6 Å². The van der Waals surface area contributed by atoms with Crippen LogP contribution in [0.5, 0.6) is 0 Å². The van der Waals surface area contributed by atoms with Crippen LogP contribution in [0.3, 0.4) is 0 Å². The number of hydrogen-bond acceptors (Lipinski definition) is 4. The van der Waals surface area contributed by atoms with Crippen molar-refractivity contribution in [2.24, 2.45) is 5.92 Å². The van der Waals surface area contributed by atoms with Gasteiger partial charge in [-0.15, -0.1) is 11.6 Å². The van der Waals surface area contributed by atoms with E-state index in [-0.39, 0.29) is 5.91 Å². The van der Waals surface area contributed by atoms with Crippen LogP contribution in [-0.2, 0) is 14.3 Å².